The topological polar surface area (TPSA) is 35.5 Å². The zero-order valence-electron chi connectivity index (χ0n) is 18.0. The molecule has 1 fully saturated rings. The standard InChI is InChI=1S/C25H34O3Si/c1-25(2,3)29(23-10-6-4-7-11-23,24-12-8-5-9-13-24)28-19-17-21-14-15-22(16-18-26)27-20-21/h4-13,18,21-22H,14-17,19-20H2,1-3H3/t21-,22+/m0/s1. The van der Waals surface area contributed by atoms with Crippen LogP contribution in [0.5, 0.6) is 0 Å². The smallest absolute Gasteiger partial charge is 0.261 e. The molecule has 29 heavy (non-hydrogen) atoms. The van der Waals surface area contributed by atoms with Crippen LogP contribution in [0.2, 0.25) is 5.04 Å². The molecule has 0 unspecified atom stereocenters. The van der Waals surface area contributed by atoms with Gasteiger partial charge in [0.1, 0.15) is 6.29 Å². The van der Waals surface area contributed by atoms with E-state index < -0.39 is 8.32 Å². The Morgan fingerprint density at radius 1 is 1.00 bits per heavy atom. The van der Waals surface area contributed by atoms with Crippen LogP contribution in [-0.2, 0) is 14.0 Å². The van der Waals surface area contributed by atoms with Crippen LogP contribution >= 0.6 is 0 Å². The Hall–Kier alpha value is -1.75. The van der Waals surface area contributed by atoms with E-state index in [9.17, 15) is 4.79 Å². The second kappa shape index (κ2) is 9.83. The Balaban J connectivity index is 1.79. The highest BCUT2D eigenvalue weighted by molar-refractivity contribution is 6.99. The second-order valence-corrected chi connectivity index (χ2v) is 13.4. The van der Waals surface area contributed by atoms with Gasteiger partial charge in [-0.1, -0.05) is 81.4 Å². The van der Waals surface area contributed by atoms with E-state index in [0.717, 1.165) is 38.8 Å². The van der Waals surface area contributed by atoms with E-state index in [1.54, 1.807) is 0 Å². The molecule has 1 aliphatic rings. The lowest BCUT2D eigenvalue weighted by Gasteiger charge is -2.43. The van der Waals surface area contributed by atoms with Crippen LogP contribution in [0.15, 0.2) is 60.7 Å². The molecule has 156 valence electrons. The van der Waals surface area contributed by atoms with Crippen molar-refractivity contribution >= 4 is 25.0 Å². The Labute approximate surface area is 176 Å². The van der Waals surface area contributed by atoms with E-state index in [2.05, 4.69) is 81.4 Å². The van der Waals surface area contributed by atoms with E-state index in [-0.39, 0.29) is 11.1 Å². The summed E-state index contributed by atoms with van der Waals surface area (Å²) in [7, 11) is -2.45. The molecule has 1 heterocycles. The zero-order chi connectivity index (χ0) is 20.7. The van der Waals surface area contributed by atoms with Crippen LogP contribution in [0.25, 0.3) is 0 Å². The van der Waals surface area contributed by atoms with Gasteiger partial charge in [0.2, 0.25) is 0 Å². The third-order valence-electron chi connectivity index (χ3n) is 6.09. The number of aldehydes is 1. The lowest BCUT2D eigenvalue weighted by molar-refractivity contribution is -0.112. The minimum atomic E-state index is -2.45. The van der Waals surface area contributed by atoms with E-state index in [1.807, 2.05) is 0 Å². The fourth-order valence-electron chi connectivity index (χ4n) is 4.52. The van der Waals surface area contributed by atoms with Crippen molar-refractivity contribution < 1.29 is 14.0 Å². The van der Waals surface area contributed by atoms with Crippen molar-refractivity contribution in [2.45, 2.75) is 57.6 Å². The molecule has 0 saturated carbocycles. The van der Waals surface area contributed by atoms with Gasteiger partial charge in [0.05, 0.1) is 6.10 Å². The molecule has 2 atom stereocenters. The maximum atomic E-state index is 10.7. The SMILES string of the molecule is CC(C)(C)[Si](OCC[C@@H]1CC[C@H](CC=O)OC1)(c1ccccc1)c1ccccc1. The molecule has 1 saturated heterocycles. The monoisotopic (exact) mass is 410 g/mol. The van der Waals surface area contributed by atoms with Gasteiger partial charge in [0, 0.05) is 19.6 Å². The number of ether oxygens (including phenoxy) is 1. The average Bonchev–Trinajstić information content (AvgIpc) is 2.73. The van der Waals surface area contributed by atoms with Gasteiger partial charge in [-0.2, -0.15) is 0 Å². The molecule has 4 heteroatoms. The van der Waals surface area contributed by atoms with Crippen LogP contribution in [0.3, 0.4) is 0 Å². The van der Waals surface area contributed by atoms with E-state index in [0.29, 0.717) is 12.3 Å². The first kappa shape index (κ1) is 21.9. The van der Waals surface area contributed by atoms with Gasteiger partial charge in [-0.05, 0) is 40.6 Å². The highest BCUT2D eigenvalue weighted by atomic mass is 28.4. The van der Waals surface area contributed by atoms with E-state index in [4.69, 9.17) is 9.16 Å². The normalized spacial score (nSPS) is 20.4. The molecule has 2 aromatic carbocycles. The maximum absolute atomic E-state index is 10.7. The summed E-state index contributed by atoms with van der Waals surface area (Å²) in [5.74, 6) is 0.510. The number of rotatable bonds is 8. The largest absolute Gasteiger partial charge is 0.407 e. The zero-order valence-corrected chi connectivity index (χ0v) is 19.0. The molecule has 0 N–H and O–H groups in total. The fourth-order valence-corrected chi connectivity index (χ4v) is 9.10. The molecular weight excluding hydrogens is 376 g/mol. The number of carbonyl (C=O) groups excluding carboxylic acids is 1. The summed E-state index contributed by atoms with van der Waals surface area (Å²) in [6.45, 7) is 8.41. The van der Waals surface area contributed by atoms with Crippen LogP contribution < -0.4 is 10.4 Å². The van der Waals surface area contributed by atoms with Gasteiger partial charge in [0.25, 0.3) is 8.32 Å². The Morgan fingerprint density at radius 3 is 2.03 bits per heavy atom. The molecule has 3 nitrogen and oxygen atoms in total. The molecule has 2 aromatic rings. The fraction of sp³-hybridized carbons (Fsp3) is 0.480. The van der Waals surface area contributed by atoms with Crippen molar-refractivity contribution in [3.63, 3.8) is 0 Å². The van der Waals surface area contributed by atoms with Crippen molar-refractivity contribution in [2.75, 3.05) is 13.2 Å². The second-order valence-electron chi connectivity index (χ2n) is 9.10. The van der Waals surface area contributed by atoms with Crippen LogP contribution in [0.4, 0.5) is 0 Å². The third-order valence-corrected chi connectivity index (χ3v) is 11.1. The number of carbonyl (C=O) groups is 1. The quantitative estimate of drug-likeness (QED) is 0.480. The number of benzene rings is 2. The van der Waals surface area contributed by atoms with Gasteiger partial charge in [0.15, 0.2) is 0 Å². The van der Waals surface area contributed by atoms with Crippen molar-refractivity contribution in [1.82, 2.24) is 0 Å². The molecular formula is C25H34O3Si. The highest BCUT2D eigenvalue weighted by Crippen LogP contribution is 2.37. The average molecular weight is 411 g/mol. The molecule has 0 bridgehead atoms. The van der Waals surface area contributed by atoms with Crippen molar-refractivity contribution in [3.8, 4) is 0 Å². The summed E-state index contributed by atoms with van der Waals surface area (Å²) in [6, 6.07) is 21.6. The summed E-state index contributed by atoms with van der Waals surface area (Å²) in [6.07, 6.45) is 4.69. The Bertz CT molecular complexity index is 707. The lowest BCUT2D eigenvalue weighted by atomic mass is 9.95. The predicted molar refractivity (Wildman–Crippen MR) is 121 cm³/mol. The first-order chi connectivity index (χ1) is 14.0. The summed E-state index contributed by atoms with van der Waals surface area (Å²) in [5, 5.41) is 2.66. The van der Waals surface area contributed by atoms with Gasteiger partial charge in [-0.3, -0.25) is 0 Å². The minimum absolute atomic E-state index is 0.00777. The van der Waals surface area contributed by atoms with Gasteiger partial charge in [-0.25, -0.2) is 0 Å². The molecule has 3 rings (SSSR count). The van der Waals surface area contributed by atoms with Crippen molar-refractivity contribution in [1.29, 1.82) is 0 Å². The summed E-state index contributed by atoms with van der Waals surface area (Å²) in [4.78, 5) is 10.7. The molecule has 0 spiro atoms. The summed E-state index contributed by atoms with van der Waals surface area (Å²) < 4.78 is 12.8. The molecule has 0 aromatic heterocycles. The van der Waals surface area contributed by atoms with Crippen LogP contribution in [0, 0.1) is 5.92 Å². The lowest BCUT2D eigenvalue weighted by Crippen LogP contribution is -2.66. The van der Waals surface area contributed by atoms with Crippen LogP contribution in [-0.4, -0.2) is 33.9 Å². The van der Waals surface area contributed by atoms with Crippen LogP contribution in [0.1, 0.15) is 46.5 Å². The Morgan fingerprint density at radius 2 is 1.59 bits per heavy atom. The maximum Gasteiger partial charge on any atom is 0.261 e. The first-order valence-electron chi connectivity index (χ1n) is 10.8. The predicted octanol–water partition coefficient (Wildman–Crippen LogP) is 4.34. The first-order valence-corrected chi connectivity index (χ1v) is 12.7. The van der Waals surface area contributed by atoms with E-state index >= 15 is 0 Å². The van der Waals surface area contributed by atoms with Gasteiger partial charge < -0.3 is 14.0 Å². The molecule has 0 amide bonds. The Kier molecular flexibility index (Phi) is 7.44. The van der Waals surface area contributed by atoms with Gasteiger partial charge >= 0.3 is 0 Å². The van der Waals surface area contributed by atoms with E-state index in [1.165, 1.54) is 10.4 Å². The number of hydrogen-bond acceptors (Lipinski definition) is 3. The third kappa shape index (κ3) is 5.06. The van der Waals surface area contributed by atoms with Gasteiger partial charge in [-0.15, -0.1) is 0 Å². The molecule has 0 aliphatic carbocycles. The number of hydrogen-bond donors (Lipinski definition) is 0. The van der Waals surface area contributed by atoms with Crippen molar-refractivity contribution in [3.05, 3.63) is 60.7 Å². The summed E-state index contributed by atoms with van der Waals surface area (Å²) in [5.41, 5.74) is 0. The molecule has 1 aliphatic heterocycles. The highest BCUT2D eigenvalue weighted by Gasteiger charge is 2.50. The molecule has 0 radical (unpaired) electrons. The minimum Gasteiger partial charge on any atom is -0.407 e. The summed E-state index contributed by atoms with van der Waals surface area (Å²) >= 11 is 0. The van der Waals surface area contributed by atoms with Crippen molar-refractivity contribution in [2.24, 2.45) is 5.92 Å².